The Morgan fingerprint density at radius 3 is 2.63 bits per heavy atom. The molecule has 0 spiro atoms. The molecule has 3 aromatic rings. The van der Waals surface area contributed by atoms with Crippen molar-refractivity contribution in [2.75, 3.05) is 17.1 Å². The Morgan fingerprint density at radius 2 is 1.97 bits per heavy atom. The van der Waals surface area contributed by atoms with Crippen LogP contribution >= 0.6 is 0 Å². The number of methoxy groups -OCH3 is 1. The minimum atomic E-state index is -3.88. The first-order valence-corrected chi connectivity index (χ1v) is 10.8. The molecule has 30 heavy (non-hydrogen) atoms. The summed E-state index contributed by atoms with van der Waals surface area (Å²) in [6.07, 6.45) is 0.552. The summed E-state index contributed by atoms with van der Waals surface area (Å²) >= 11 is 0. The van der Waals surface area contributed by atoms with Crippen molar-refractivity contribution in [3.8, 4) is 16.9 Å². The lowest BCUT2D eigenvalue weighted by Gasteiger charge is -2.13. The van der Waals surface area contributed by atoms with Gasteiger partial charge in [0.25, 0.3) is 10.0 Å². The maximum atomic E-state index is 13.1. The van der Waals surface area contributed by atoms with Gasteiger partial charge in [0.1, 0.15) is 5.75 Å². The minimum Gasteiger partial charge on any atom is -0.497 e. The fraction of sp³-hybridized carbons (Fsp3) is 0.238. The highest BCUT2D eigenvalue weighted by Crippen LogP contribution is 2.34. The number of sulfonamides is 1. The Balaban J connectivity index is 2.05. The normalized spacial score (nSPS) is 11.2. The highest BCUT2D eigenvalue weighted by Gasteiger charge is 2.22. The van der Waals surface area contributed by atoms with E-state index in [9.17, 15) is 13.2 Å². The fourth-order valence-corrected chi connectivity index (χ4v) is 4.37. The van der Waals surface area contributed by atoms with Crippen LogP contribution in [0.25, 0.3) is 11.1 Å². The Labute approximate surface area is 175 Å². The first kappa shape index (κ1) is 21.4. The van der Waals surface area contributed by atoms with Gasteiger partial charge >= 0.3 is 0 Å². The van der Waals surface area contributed by atoms with Crippen LogP contribution in [0.3, 0.4) is 0 Å². The summed E-state index contributed by atoms with van der Waals surface area (Å²) in [4.78, 5) is 11.6. The van der Waals surface area contributed by atoms with Crippen LogP contribution in [0.15, 0.2) is 51.9 Å². The van der Waals surface area contributed by atoms with Crippen molar-refractivity contribution >= 4 is 27.5 Å². The largest absolute Gasteiger partial charge is 0.497 e. The van der Waals surface area contributed by atoms with Crippen LogP contribution in [-0.4, -0.2) is 26.6 Å². The summed E-state index contributed by atoms with van der Waals surface area (Å²) in [7, 11) is -2.37. The number of aryl methyl sites for hydroxylation is 2. The summed E-state index contributed by atoms with van der Waals surface area (Å²) in [6, 6.07) is 11.7. The third-order valence-electron chi connectivity index (χ3n) is 4.48. The molecule has 0 atom stereocenters. The number of carbonyl (C=O) groups excluding carboxylic acids is 1. The van der Waals surface area contributed by atoms with Gasteiger partial charge in [-0.3, -0.25) is 14.8 Å². The van der Waals surface area contributed by atoms with E-state index in [0.29, 0.717) is 40.2 Å². The third kappa shape index (κ3) is 4.46. The van der Waals surface area contributed by atoms with Crippen LogP contribution in [0.2, 0.25) is 0 Å². The van der Waals surface area contributed by atoms with Gasteiger partial charge in [-0.1, -0.05) is 30.3 Å². The summed E-state index contributed by atoms with van der Waals surface area (Å²) in [5.74, 6) is 0.416. The number of hydrogen-bond donors (Lipinski definition) is 2. The van der Waals surface area contributed by atoms with Crippen molar-refractivity contribution in [2.45, 2.75) is 32.1 Å². The van der Waals surface area contributed by atoms with E-state index >= 15 is 0 Å². The molecule has 3 rings (SSSR count). The molecule has 2 N–H and O–H groups in total. The van der Waals surface area contributed by atoms with Crippen molar-refractivity contribution in [1.82, 2.24) is 5.16 Å². The second-order valence-corrected chi connectivity index (χ2v) is 8.34. The molecule has 9 heteroatoms. The number of amides is 1. The average molecular weight is 429 g/mol. The van der Waals surface area contributed by atoms with Crippen molar-refractivity contribution in [3.05, 3.63) is 53.7 Å². The summed E-state index contributed by atoms with van der Waals surface area (Å²) in [5, 5.41) is 6.60. The Hall–Kier alpha value is -3.33. The number of anilines is 2. The predicted octanol–water partition coefficient (Wildman–Crippen LogP) is 3.98. The van der Waals surface area contributed by atoms with Crippen LogP contribution in [0.5, 0.6) is 5.75 Å². The maximum absolute atomic E-state index is 13.1. The number of nitrogens with zero attached hydrogens (tertiary/aromatic N) is 1. The predicted molar refractivity (Wildman–Crippen MR) is 114 cm³/mol. The van der Waals surface area contributed by atoms with Gasteiger partial charge < -0.3 is 9.26 Å². The Morgan fingerprint density at radius 1 is 1.20 bits per heavy atom. The van der Waals surface area contributed by atoms with Gasteiger partial charge in [0.05, 0.1) is 29.0 Å². The molecule has 0 fully saturated rings. The second-order valence-electron chi connectivity index (χ2n) is 6.69. The number of carbonyl (C=O) groups is 1. The first-order valence-electron chi connectivity index (χ1n) is 9.29. The van der Waals surface area contributed by atoms with E-state index in [1.165, 1.54) is 14.0 Å². The molecular weight excluding hydrogens is 406 g/mol. The van der Waals surface area contributed by atoms with Gasteiger partial charge in [-0.25, -0.2) is 8.42 Å². The molecular formula is C21H23N3O5S. The highest BCUT2D eigenvalue weighted by molar-refractivity contribution is 7.92. The quantitative estimate of drug-likeness (QED) is 0.588. The topological polar surface area (TPSA) is 111 Å². The molecule has 0 aliphatic heterocycles. The molecule has 0 aliphatic carbocycles. The highest BCUT2D eigenvalue weighted by atomic mass is 32.2. The third-order valence-corrected chi connectivity index (χ3v) is 6.00. The summed E-state index contributed by atoms with van der Waals surface area (Å²) < 4.78 is 39.2. The number of ether oxygens (including phenoxy) is 1. The van der Waals surface area contributed by atoms with Crippen LogP contribution in [0.4, 0.5) is 11.6 Å². The van der Waals surface area contributed by atoms with Gasteiger partial charge in [-0.2, -0.15) is 0 Å². The van der Waals surface area contributed by atoms with Crippen LogP contribution in [0, 0.1) is 6.92 Å². The van der Waals surface area contributed by atoms with Crippen LogP contribution in [0.1, 0.15) is 25.1 Å². The number of aromatic nitrogens is 1. The zero-order valence-electron chi connectivity index (χ0n) is 17.1. The maximum Gasteiger partial charge on any atom is 0.262 e. The molecule has 0 saturated heterocycles. The lowest BCUT2D eigenvalue weighted by molar-refractivity contribution is -0.114. The molecule has 8 nitrogen and oxygen atoms in total. The Bertz CT molecular complexity index is 1190. The van der Waals surface area contributed by atoms with E-state index < -0.39 is 10.0 Å². The van der Waals surface area contributed by atoms with Gasteiger partial charge in [0.2, 0.25) is 11.8 Å². The first-order chi connectivity index (χ1) is 14.2. The molecule has 1 heterocycles. The standard InChI is InChI=1S/C21H23N3O5S/c1-5-18-20(21(29-23-18)22-14(3)25)15-10-9-13(2)19(11-15)30(26,27)24-16-7-6-8-17(12-16)28-4/h6-12,24H,5H2,1-4H3,(H,22,25). The smallest absolute Gasteiger partial charge is 0.262 e. The van der Waals surface area contributed by atoms with E-state index in [2.05, 4.69) is 15.2 Å². The zero-order valence-corrected chi connectivity index (χ0v) is 18.0. The molecule has 0 radical (unpaired) electrons. The van der Waals surface area contributed by atoms with Gasteiger partial charge in [-0.15, -0.1) is 0 Å². The molecule has 0 aliphatic rings. The van der Waals surface area contributed by atoms with Crippen LogP contribution < -0.4 is 14.8 Å². The zero-order chi connectivity index (χ0) is 21.9. The molecule has 0 saturated carbocycles. The number of hydrogen-bond acceptors (Lipinski definition) is 6. The van der Waals surface area contributed by atoms with E-state index in [-0.39, 0.29) is 16.7 Å². The molecule has 0 bridgehead atoms. The molecule has 0 unspecified atom stereocenters. The van der Waals surface area contributed by atoms with Gasteiger partial charge in [-0.05, 0) is 42.7 Å². The van der Waals surface area contributed by atoms with Gasteiger partial charge in [0, 0.05) is 13.0 Å². The number of nitrogens with one attached hydrogen (secondary N) is 2. The fourth-order valence-electron chi connectivity index (χ4n) is 3.05. The minimum absolute atomic E-state index is 0.111. The molecule has 1 aromatic heterocycles. The van der Waals surface area contributed by atoms with E-state index in [0.717, 1.165) is 0 Å². The Kier molecular flexibility index (Phi) is 6.12. The number of benzene rings is 2. The van der Waals surface area contributed by atoms with E-state index in [1.54, 1.807) is 49.4 Å². The van der Waals surface area contributed by atoms with E-state index in [4.69, 9.17) is 9.26 Å². The van der Waals surface area contributed by atoms with Crippen molar-refractivity contribution in [3.63, 3.8) is 0 Å². The second kappa shape index (κ2) is 8.58. The van der Waals surface area contributed by atoms with Crippen molar-refractivity contribution in [2.24, 2.45) is 0 Å². The van der Waals surface area contributed by atoms with E-state index in [1.807, 2.05) is 6.92 Å². The molecule has 1 amide bonds. The number of rotatable bonds is 7. The lowest BCUT2D eigenvalue weighted by atomic mass is 10.0. The van der Waals surface area contributed by atoms with Gasteiger partial charge in [0.15, 0.2) is 0 Å². The summed E-state index contributed by atoms with van der Waals surface area (Å²) in [5.41, 5.74) is 2.72. The molecule has 2 aromatic carbocycles. The SMILES string of the molecule is CCc1noc(NC(C)=O)c1-c1ccc(C)c(S(=O)(=O)Nc2cccc(OC)c2)c1. The van der Waals surface area contributed by atoms with Crippen molar-refractivity contribution in [1.29, 1.82) is 0 Å². The summed E-state index contributed by atoms with van der Waals surface area (Å²) in [6.45, 7) is 4.98. The van der Waals surface area contributed by atoms with Crippen molar-refractivity contribution < 1.29 is 22.5 Å². The lowest BCUT2D eigenvalue weighted by Crippen LogP contribution is -2.14. The van der Waals surface area contributed by atoms with Crippen LogP contribution in [-0.2, 0) is 21.2 Å². The average Bonchev–Trinajstić information content (AvgIpc) is 3.10. The molecule has 158 valence electrons. The monoisotopic (exact) mass is 429 g/mol.